The van der Waals surface area contributed by atoms with Crippen LogP contribution in [0.3, 0.4) is 0 Å². The Kier molecular flexibility index (Phi) is 4.83. The van der Waals surface area contributed by atoms with E-state index in [1.807, 2.05) is 43.3 Å². The molecular formula is C17H20BNO4. The van der Waals surface area contributed by atoms with Gasteiger partial charge in [0.15, 0.2) is 11.5 Å². The third-order valence-electron chi connectivity index (χ3n) is 3.92. The van der Waals surface area contributed by atoms with Gasteiger partial charge in [0.2, 0.25) is 0 Å². The third-order valence-corrected chi connectivity index (χ3v) is 3.92. The van der Waals surface area contributed by atoms with E-state index in [1.165, 1.54) is 0 Å². The van der Waals surface area contributed by atoms with Gasteiger partial charge in [-0.2, -0.15) is 0 Å². The molecule has 1 saturated heterocycles. The van der Waals surface area contributed by atoms with Crippen LogP contribution in [-0.4, -0.2) is 37.4 Å². The van der Waals surface area contributed by atoms with Crippen LogP contribution in [0.25, 0.3) is 11.3 Å². The standard InChI is InChI=1S/C17H20BNO4/c1-3-22-17-9-12(7-8-16(17)21-2)14-5-4-6-15(19-14)13-10-18(20)23-11-13/h4-9,13,20H,3,10-11H2,1-2H3/t13-/m1/s1. The first-order valence-electron chi connectivity index (χ1n) is 7.79. The van der Waals surface area contributed by atoms with Crippen molar-refractivity contribution in [3.05, 3.63) is 42.1 Å². The second-order valence-corrected chi connectivity index (χ2v) is 5.47. The van der Waals surface area contributed by atoms with Crippen molar-refractivity contribution in [1.29, 1.82) is 0 Å². The highest BCUT2D eigenvalue weighted by atomic mass is 16.5. The van der Waals surface area contributed by atoms with E-state index in [0.29, 0.717) is 31.0 Å². The SMILES string of the molecule is CCOc1cc(-c2cccc([C@H]3COB(O)C3)n2)ccc1OC. The van der Waals surface area contributed by atoms with Gasteiger partial charge in [-0.15, -0.1) is 0 Å². The average molecular weight is 313 g/mol. The normalized spacial score (nSPS) is 17.3. The molecule has 23 heavy (non-hydrogen) atoms. The zero-order valence-electron chi connectivity index (χ0n) is 13.4. The maximum absolute atomic E-state index is 9.52. The molecule has 1 fully saturated rings. The fraction of sp³-hybridized carbons (Fsp3) is 0.353. The third kappa shape index (κ3) is 3.49. The van der Waals surface area contributed by atoms with Crippen molar-refractivity contribution in [3.63, 3.8) is 0 Å². The summed E-state index contributed by atoms with van der Waals surface area (Å²) in [6.07, 6.45) is 0.587. The highest BCUT2D eigenvalue weighted by molar-refractivity contribution is 6.43. The minimum absolute atomic E-state index is 0.134. The first-order chi connectivity index (χ1) is 11.2. The van der Waals surface area contributed by atoms with Gasteiger partial charge in [0.25, 0.3) is 0 Å². The molecule has 0 spiro atoms. The van der Waals surface area contributed by atoms with E-state index in [1.54, 1.807) is 7.11 Å². The Morgan fingerprint density at radius 1 is 1.30 bits per heavy atom. The van der Waals surface area contributed by atoms with E-state index in [-0.39, 0.29) is 5.92 Å². The van der Waals surface area contributed by atoms with Gasteiger partial charge in [-0.25, -0.2) is 0 Å². The molecule has 0 unspecified atom stereocenters. The lowest BCUT2D eigenvalue weighted by Crippen LogP contribution is -2.08. The molecule has 2 aromatic rings. The van der Waals surface area contributed by atoms with Crippen LogP contribution in [-0.2, 0) is 4.65 Å². The fourth-order valence-corrected chi connectivity index (χ4v) is 2.76. The molecule has 0 radical (unpaired) electrons. The summed E-state index contributed by atoms with van der Waals surface area (Å²) in [5.74, 6) is 1.55. The molecular weight excluding hydrogens is 293 g/mol. The zero-order valence-corrected chi connectivity index (χ0v) is 13.4. The number of ether oxygens (including phenoxy) is 2. The van der Waals surface area contributed by atoms with Crippen molar-refractivity contribution in [2.24, 2.45) is 0 Å². The van der Waals surface area contributed by atoms with Crippen LogP contribution < -0.4 is 9.47 Å². The van der Waals surface area contributed by atoms with Crippen LogP contribution in [0.15, 0.2) is 36.4 Å². The lowest BCUT2D eigenvalue weighted by molar-refractivity contribution is 0.291. The number of aromatic nitrogens is 1. The molecule has 1 N–H and O–H groups in total. The quantitative estimate of drug-likeness (QED) is 0.860. The maximum Gasteiger partial charge on any atom is 0.454 e. The molecule has 1 atom stereocenters. The summed E-state index contributed by atoms with van der Waals surface area (Å²) in [4.78, 5) is 4.73. The van der Waals surface area contributed by atoms with Gasteiger partial charge in [0.1, 0.15) is 0 Å². The first kappa shape index (κ1) is 15.8. The minimum atomic E-state index is -0.684. The molecule has 2 heterocycles. The van der Waals surface area contributed by atoms with E-state index in [0.717, 1.165) is 17.0 Å². The number of nitrogens with zero attached hydrogens (tertiary/aromatic N) is 1. The lowest BCUT2D eigenvalue weighted by atomic mass is 9.81. The number of rotatable bonds is 5. The van der Waals surface area contributed by atoms with Crippen LogP contribution in [0.4, 0.5) is 0 Å². The van der Waals surface area contributed by atoms with Crippen LogP contribution in [0, 0.1) is 0 Å². The van der Waals surface area contributed by atoms with Crippen LogP contribution in [0.5, 0.6) is 11.5 Å². The number of pyridine rings is 1. The monoisotopic (exact) mass is 313 g/mol. The largest absolute Gasteiger partial charge is 0.493 e. The van der Waals surface area contributed by atoms with Gasteiger partial charge in [0, 0.05) is 23.8 Å². The van der Waals surface area contributed by atoms with Crippen molar-refractivity contribution in [3.8, 4) is 22.8 Å². The van der Waals surface area contributed by atoms with Crippen molar-refractivity contribution >= 4 is 7.12 Å². The molecule has 3 rings (SSSR count). The Labute approximate surface area is 136 Å². The minimum Gasteiger partial charge on any atom is -0.493 e. The van der Waals surface area contributed by atoms with Gasteiger partial charge in [-0.05, 0) is 43.6 Å². The first-order valence-corrected chi connectivity index (χ1v) is 7.79. The summed E-state index contributed by atoms with van der Waals surface area (Å²) >= 11 is 0. The summed E-state index contributed by atoms with van der Waals surface area (Å²) in [5, 5.41) is 9.52. The van der Waals surface area contributed by atoms with Crippen molar-refractivity contribution in [2.45, 2.75) is 19.2 Å². The highest BCUT2D eigenvalue weighted by Gasteiger charge is 2.30. The Morgan fingerprint density at radius 2 is 2.17 bits per heavy atom. The zero-order chi connectivity index (χ0) is 16.2. The van der Waals surface area contributed by atoms with Crippen molar-refractivity contribution in [2.75, 3.05) is 20.3 Å². The molecule has 0 amide bonds. The molecule has 0 bridgehead atoms. The van der Waals surface area contributed by atoms with E-state index in [2.05, 4.69) is 0 Å². The molecule has 1 aromatic carbocycles. The second kappa shape index (κ2) is 7.02. The number of hydrogen-bond donors (Lipinski definition) is 1. The van der Waals surface area contributed by atoms with Gasteiger partial charge in [-0.3, -0.25) is 4.98 Å². The van der Waals surface area contributed by atoms with E-state index >= 15 is 0 Å². The Balaban J connectivity index is 1.91. The highest BCUT2D eigenvalue weighted by Crippen LogP contribution is 2.33. The lowest BCUT2D eigenvalue weighted by Gasteiger charge is -2.12. The summed E-state index contributed by atoms with van der Waals surface area (Å²) in [5.41, 5.74) is 2.77. The Hall–Kier alpha value is -2.05. The smallest absolute Gasteiger partial charge is 0.454 e. The average Bonchev–Trinajstić information content (AvgIpc) is 3.02. The van der Waals surface area contributed by atoms with E-state index < -0.39 is 7.12 Å². The second-order valence-electron chi connectivity index (χ2n) is 5.47. The Bertz CT molecular complexity index is 679. The van der Waals surface area contributed by atoms with E-state index in [9.17, 15) is 5.02 Å². The number of benzene rings is 1. The number of hydrogen-bond acceptors (Lipinski definition) is 5. The molecule has 0 saturated carbocycles. The summed E-state index contributed by atoms with van der Waals surface area (Å²) < 4.78 is 16.2. The molecule has 0 aliphatic carbocycles. The molecule has 1 aliphatic heterocycles. The topological polar surface area (TPSA) is 60.8 Å². The summed E-state index contributed by atoms with van der Waals surface area (Å²) in [6.45, 7) is 3.02. The van der Waals surface area contributed by atoms with Crippen LogP contribution >= 0.6 is 0 Å². The van der Waals surface area contributed by atoms with Gasteiger partial charge in [-0.1, -0.05) is 6.07 Å². The Morgan fingerprint density at radius 3 is 2.87 bits per heavy atom. The number of methoxy groups -OCH3 is 1. The predicted octanol–water partition coefficient (Wildman–Crippen LogP) is 2.75. The van der Waals surface area contributed by atoms with Gasteiger partial charge in [0.05, 0.1) is 19.4 Å². The fourth-order valence-electron chi connectivity index (χ4n) is 2.76. The van der Waals surface area contributed by atoms with E-state index in [4.69, 9.17) is 19.1 Å². The molecule has 6 heteroatoms. The van der Waals surface area contributed by atoms with Gasteiger partial charge >= 0.3 is 7.12 Å². The maximum atomic E-state index is 9.52. The van der Waals surface area contributed by atoms with Crippen LogP contribution in [0.1, 0.15) is 18.5 Å². The molecule has 5 nitrogen and oxygen atoms in total. The van der Waals surface area contributed by atoms with Crippen molar-refractivity contribution < 1.29 is 19.2 Å². The van der Waals surface area contributed by atoms with Crippen LogP contribution in [0.2, 0.25) is 6.32 Å². The molecule has 1 aromatic heterocycles. The van der Waals surface area contributed by atoms with Crippen molar-refractivity contribution in [1.82, 2.24) is 4.98 Å². The predicted molar refractivity (Wildman–Crippen MR) is 88.9 cm³/mol. The molecule has 1 aliphatic rings. The summed E-state index contributed by atoms with van der Waals surface area (Å²) in [6, 6.07) is 11.7. The summed E-state index contributed by atoms with van der Waals surface area (Å²) in [7, 11) is 0.943. The molecule has 120 valence electrons. The van der Waals surface area contributed by atoms with Gasteiger partial charge < -0.3 is 19.2 Å².